The first kappa shape index (κ1) is 8.47. The van der Waals surface area contributed by atoms with Gasteiger partial charge in [-0.2, -0.15) is 0 Å². The van der Waals surface area contributed by atoms with Crippen molar-refractivity contribution in [3.63, 3.8) is 0 Å². The Hall–Kier alpha value is -1.13. The van der Waals surface area contributed by atoms with Gasteiger partial charge in [0.05, 0.1) is 19.8 Å². The highest BCUT2D eigenvalue weighted by molar-refractivity contribution is 6.00. The van der Waals surface area contributed by atoms with Gasteiger partial charge in [-0.1, -0.05) is 6.08 Å². The maximum Gasteiger partial charge on any atom is 0.158 e. The first-order valence-corrected chi connectivity index (χ1v) is 4.28. The van der Waals surface area contributed by atoms with Crippen molar-refractivity contribution in [3.8, 4) is 0 Å². The highest BCUT2D eigenvalue weighted by atomic mass is 16.5. The molecule has 2 aliphatic heterocycles. The molecule has 0 aromatic carbocycles. The van der Waals surface area contributed by atoms with Crippen LogP contribution in [0.2, 0.25) is 0 Å². The third-order valence-electron chi connectivity index (χ3n) is 2.10. The van der Waals surface area contributed by atoms with E-state index in [2.05, 4.69) is 4.99 Å². The van der Waals surface area contributed by atoms with E-state index in [9.17, 15) is 5.21 Å². The summed E-state index contributed by atoms with van der Waals surface area (Å²) in [4.78, 5) is 4.24. The summed E-state index contributed by atoms with van der Waals surface area (Å²) in [5.41, 5.74) is 1.72. The molecule has 0 aromatic heterocycles. The van der Waals surface area contributed by atoms with Gasteiger partial charge in [0.15, 0.2) is 5.84 Å². The SMILES string of the molecule is CC1=CC=C2COCCN=C2N1O. The fraction of sp³-hybridized carbons (Fsp3) is 0.444. The first-order chi connectivity index (χ1) is 6.29. The number of nitrogens with zero attached hydrogens (tertiary/aromatic N) is 2. The van der Waals surface area contributed by atoms with Crippen LogP contribution in [0.5, 0.6) is 0 Å². The Kier molecular flexibility index (Phi) is 2.16. The Bertz CT molecular complexity index is 305. The van der Waals surface area contributed by atoms with Gasteiger partial charge < -0.3 is 4.74 Å². The zero-order valence-corrected chi connectivity index (χ0v) is 7.53. The molecule has 0 spiro atoms. The maximum atomic E-state index is 9.64. The fourth-order valence-corrected chi connectivity index (χ4v) is 1.35. The van der Waals surface area contributed by atoms with Gasteiger partial charge in [0, 0.05) is 11.3 Å². The molecule has 2 rings (SSSR count). The molecule has 0 unspecified atom stereocenters. The van der Waals surface area contributed by atoms with E-state index in [1.807, 2.05) is 19.1 Å². The van der Waals surface area contributed by atoms with Crippen molar-refractivity contribution in [1.82, 2.24) is 5.06 Å². The van der Waals surface area contributed by atoms with E-state index in [1.54, 1.807) is 0 Å². The molecule has 1 N–H and O–H groups in total. The topological polar surface area (TPSA) is 45.1 Å². The number of hydrogen-bond acceptors (Lipinski definition) is 4. The van der Waals surface area contributed by atoms with Gasteiger partial charge >= 0.3 is 0 Å². The molecule has 0 fully saturated rings. The Balaban J connectivity index is 2.35. The van der Waals surface area contributed by atoms with Gasteiger partial charge in [0.25, 0.3) is 0 Å². The Morgan fingerprint density at radius 3 is 3.23 bits per heavy atom. The summed E-state index contributed by atoms with van der Waals surface area (Å²) in [6.45, 7) is 3.59. The van der Waals surface area contributed by atoms with Crippen molar-refractivity contribution in [1.29, 1.82) is 0 Å². The van der Waals surface area contributed by atoms with E-state index in [4.69, 9.17) is 4.74 Å². The van der Waals surface area contributed by atoms with Crippen LogP contribution in [0, 0.1) is 0 Å². The summed E-state index contributed by atoms with van der Waals surface area (Å²) in [5, 5.41) is 10.8. The van der Waals surface area contributed by atoms with Crippen molar-refractivity contribution in [2.24, 2.45) is 4.99 Å². The summed E-state index contributed by atoms with van der Waals surface area (Å²) in [6, 6.07) is 0. The molecule has 4 nitrogen and oxygen atoms in total. The van der Waals surface area contributed by atoms with Crippen LogP contribution < -0.4 is 0 Å². The average Bonchev–Trinajstić information content (AvgIpc) is 2.36. The van der Waals surface area contributed by atoms with Crippen LogP contribution in [0.3, 0.4) is 0 Å². The van der Waals surface area contributed by atoms with E-state index < -0.39 is 0 Å². The molecule has 0 saturated carbocycles. The largest absolute Gasteiger partial charge is 0.375 e. The lowest BCUT2D eigenvalue weighted by Crippen LogP contribution is -2.30. The van der Waals surface area contributed by atoms with E-state index in [0.717, 1.165) is 16.3 Å². The molecular weight excluding hydrogens is 168 g/mol. The highest BCUT2D eigenvalue weighted by Gasteiger charge is 2.20. The van der Waals surface area contributed by atoms with E-state index >= 15 is 0 Å². The molecule has 0 atom stereocenters. The second kappa shape index (κ2) is 3.32. The standard InChI is InChI=1S/C9H12N2O2/c1-7-2-3-8-6-13-5-4-10-9(8)11(7)12/h2-3,12H,4-6H2,1H3. The first-order valence-electron chi connectivity index (χ1n) is 4.28. The molecule has 0 aromatic rings. The minimum Gasteiger partial charge on any atom is -0.375 e. The van der Waals surface area contributed by atoms with Gasteiger partial charge in [-0.3, -0.25) is 10.2 Å². The van der Waals surface area contributed by atoms with E-state index in [0.29, 0.717) is 25.6 Å². The second-order valence-electron chi connectivity index (χ2n) is 3.07. The molecule has 4 heteroatoms. The van der Waals surface area contributed by atoms with Gasteiger partial charge in [0.1, 0.15) is 0 Å². The Morgan fingerprint density at radius 1 is 1.54 bits per heavy atom. The van der Waals surface area contributed by atoms with Crippen LogP contribution in [-0.4, -0.2) is 35.9 Å². The molecule has 2 aliphatic rings. The number of fused-ring (bicyclic) bond motifs is 1. The summed E-state index contributed by atoms with van der Waals surface area (Å²) in [5.74, 6) is 0.623. The molecule has 0 bridgehead atoms. The molecular formula is C9H12N2O2. The van der Waals surface area contributed by atoms with Gasteiger partial charge in [-0.05, 0) is 13.0 Å². The number of hydroxylamine groups is 2. The van der Waals surface area contributed by atoms with Crippen molar-refractivity contribution in [2.75, 3.05) is 19.8 Å². The number of hydrogen-bond donors (Lipinski definition) is 1. The van der Waals surface area contributed by atoms with Crippen molar-refractivity contribution in [3.05, 3.63) is 23.4 Å². The lowest BCUT2D eigenvalue weighted by Gasteiger charge is -2.23. The number of ether oxygens (including phenoxy) is 1. The Morgan fingerprint density at radius 2 is 2.38 bits per heavy atom. The predicted octanol–water partition coefficient (Wildman–Crippen LogP) is 0.950. The lowest BCUT2D eigenvalue weighted by molar-refractivity contribution is 0.0216. The van der Waals surface area contributed by atoms with Crippen LogP contribution in [0.1, 0.15) is 6.92 Å². The number of aliphatic imine (C=N–C) groups is 1. The summed E-state index contributed by atoms with van der Waals surface area (Å²) in [6.07, 6.45) is 3.79. The van der Waals surface area contributed by atoms with Crippen LogP contribution in [0.15, 0.2) is 28.4 Å². The normalized spacial score (nSPS) is 22.6. The lowest BCUT2D eigenvalue weighted by atomic mass is 10.1. The fourth-order valence-electron chi connectivity index (χ4n) is 1.35. The maximum absolute atomic E-state index is 9.64. The van der Waals surface area contributed by atoms with Crippen LogP contribution >= 0.6 is 0 Å². The molecule has 70 valence electrons. The Labute approximate surface area is 76.8 Å². The zero-order chi connectivity index (χ0) is 9.26. The molecule has 0 aliphatic carbocycles. The third kappa shape index (κ3) is 1.50. The highest BCUT2D eigenvalue weighted by Crippen LogP contribution is 2.16. The number of rotatable bonds is 0. The number of allylic oxidation sites excluding steroid dienone is 3. The minimum atomic E-state index is 0.527. The van der Waals surface area contributed by atoms with Crippen molar-refractivity contribution >= 4 is 5.84 Å². The van der Waals surface area contributed by atoms with Gasteiger partial charge in [-0.25, -0.2) is 5.06 Å². The van der Waals surface area contributed by atoms with Gasteiger partial charge in [-0.15, -0.1) is 0 Å². The predicted molar refractivity (Wildman–Crippen MR) is 48.6 cm³/mol. The molecule has 0 amide bonds. The second-order valence-corrected chi connectivity index (χ2v) is 3.07. The summed E-state index contributed by atoms with van der Waals surface area (Å²) < 4.78 is 5.30. The van der Waals surface area contributed by atoms with Gasteiger partial charge in [0.2, 0.25) is 0 Å². The quantitative estimate of drug-likeness (QED) is 0.603. The van der Waals surface area contributed by atoms with Crippen molar-refractivity contribution < 1.29 is 9.94 Å². The summed E-state index contributed by atoms with van der Waals surface area (Å²) in [7, 11) is 0. The smallest absolute Gasteiger partial charge is 0.158 e. The zero-order valence-electron chi connectivity index (χ0n) is 7.53. The van der Waals surface area contributed by atoms with Crippen LogP contribution in [-0.2, 0) is 4.74 Å². The molecule has 0 radical (unpaired) electrons. The number of amidine groups is 1. The van der Waals surface area contributed by atoms with E-state index in [-0.39, 0.29) is 0 Å². The minimum absolute atomic E-state index is 0.527. The van der Waals surface area contributed by atoms with E-state index in [1.165, 1.54) is 0 Å². The monoisotopic (exact) mass is 180 g/mol. The van der Waals surface area contributed by atoms with Crippen LogP contribution in [0.25, 0.3) is 0 Å². The third-order valence-corrected chi connectivity index (χ3v) is 2.10. The molecule has 13 heavy (non-hydrogen) atoms. The van der Waals surface area contributed by atoms with Crippen LogP contribution in [0.4, 0.5) is 0 Å². The molecule has 0 saturated heterocycles. The van der Waals surface area contributed by atoms with Crippen molar-refractivity contribution in [2.45, 2.75) is 6.92 Å². The molecule has 2 heterocycles. The average molecular weight is 180 g/mol. The summed E-state index contributed by atoms with van der Waals surface area (Å²) >= 11 is 0.